The Labute approximate surface area is 206 Å². The van der Waals surface area contributed by atoms with E-state index in [-0.39, 0.29) is 13.3 Å². The van der Waals surface area contributed by atoms with Gasteiger partial charge in [0.1, 0.15) is 6.73 Å². The molecule has 4 aromatic rings. The van der Waals surface area contributed by atoms with E-state index >= 15 is 0 Å². The van der Waals surface area contributed by atoms with Crippen LogP contribution in [0.2, 0.25) is 5.02 Å². The summed E-state index contributed by atoms with van der Waals surface area (Å²) in [5.41, 5.74) is 3.05. The molecule has 0 aliphatic carbocycles. The quantitative estimate of drug-likeness (QED) is 0.220. The van der Waals surface area contributed by atoms with Crippen molar-refractivity contribution < 1.29 is 19.0 Å². The van der Waals surface area contributed by atoms with Crippen LogP contribution < -0.4 is 0 Å². The maximum atomic E-state index is 12.1. The predicted octanol–water partition coefficient (Wildman–Crippen LogP) is 5.13. The molecule has 0 N–H and O–H groups in total. The maximum Gasteiger partial charge on any atom is 0.341 e. The van der Waals surface area contributed by atoms with Gasteiger partial charge in [-0.15, -0.1) is 0 Å². The third-order valence-corrected chi connectivity index (χ3v) is 6.42. The van der Waals surface area contributed by atoms with Crippen LogP contribution in [0.1, 0.15) is 22.8 Å². The Kier molecular flexibility index (Phi) is 7.89. The van der Waals surface area contributed by atoms with Crippen LogP contribution in [-0.2, 0) is 20.9 Å². The summed E-state index contributed by atoms with van der Waals surface area (Å²) in [6.07, 6.45) is 3.05. The number of imidazole rings is 1. The number of aromatic nitrogens is 4. The molecule has 2 heterocycles. The van der Waals surface area contributed by atoms with Gasteiger partial charge in [0.05, 0.1) is 47.6 Å². The monoisotopic (exact) mass is 500 g/mol. The summed E-state index contributed by atoms with van der Waals surface area (Å²) in [4.78, 5) is 18.9. The Morgan fingerprint density at radius 1 is 1.21 bits per heavy atom. The molecule has 0 fully saturated rings. The van der Waals surface area contributed by atoms with Gasteiger partial charge in [0.25, 0.3) is 0 Å². The summed E-state index contributed by atoms with van der Waals surface area (Å²) < 4.78 is 19.3. The number of hydrogen-bond acceptors (Lipinski definition) is 7. The molecule has 0 amide bonds. The van der Waals surface area contributed by atoms with Gasteiger partial charge in [-0.25, -0.2) is 14.5 Å². The second-order valence-corrected chi connectivity index (χ2v) is 8.98. The van der Waals surface area contributed by atoms with Gasteiger partial charge in [0, 0.05) is 23.1 Å². The van der Waals surface area contributed by atoms with Crippen LogP contribution in [0.25, 0.3) is 17.0 Å². The third-order valence-electron chi connectivity index (χ3n) is 4.95. The zero-order valence-electron chi connectivity index (χ0n) is 19.2. The summed E-state index contributed by atoms with van der Waals surface area (Å²) in [5, 5.41) is 4.93. The normalized spacial score (nSPS) is 11.3. The number of esters is 1. The minimum absolute atomic E-state index is 0.213. The summed E-state index contributed by atoms with van der Waals surface area (Å²) in [5.74, 6) is 0.0596. The van der Waals surface area contributed by atoms with Crippen molar-refractivity contribution >= 4 is 40.4 Å². The van der Waals surface area contributed by atoms with E-state index in [1.165, 1.54) is 16.4 Å². The minimum Gasteiger partial charge on any atom is -0.462 e. The van der Waals surface area contributed by atoms with Crippen molar-refractivity contribution in [1.29, 1.82) is 0 Å². The Morgan fingerprint density at radius 3 is 2.82 bits per heavy atom. The predicted molar refractivity (Wildman–Crippen MR) is 131 cm³/mol. The molecular formula is C24H25ClN4O4S. The topological polar surface area (TPSA) is 80.4 Å². The van der Waals surface area contributed by atoms with Crippen molar-refractivity contribution in [3.05, 3.63) is 64.9 Å². The second-order valence-electron chi connectivity index (χ2n) is 7.45. The highest BCUT2D eigenvalue weighted by Gasteiger charge is 2.18. The van der Waals surface area contributed by atoms with Gasteiger partial charge in [-0.2, -0.15) is 5.10 Å². The second kappa shape index (κ2) is 11.1. The van der Waals surface area contributed by atoms with Gasteiger partial charge in [0.15, 0.2) is 0 Å². The average Bonchev–Trinajstić information content (AvgIpc) is 3.42. The van der Waals surface area contributed by atoms with Crippen LogP contribution in [0.4, 0.5) is 0 Å². The Balaban J connectivity index is 1.73. The number of benzene rings is 2. The molecule has 178 valence electrons. The molecule has 2 aromatic heterocycles. The Hall–Kier alpha value is -2.85. The van der Waals surface area contributed by atoms with Gasteiger partial charge >= 0.3 is 5.97 Å². The van der Waals surface area contributed by atoms with Crippen molar-refractivity contribution in [2.24, 2.45) is 0 Å². The molecular weight excluding hydrogens is 476 g/mol. The summed E-state index contributed by atoms with van der Waals surface area (Å²) in [7, 11) is 1.62. The van der Waals surface area contributed by atoms with E-state index in [0.717, 1.165) is 20.8 Å². The van der Waals surface area contributed by atoms with Crippen LogP contribution in [0.3, 0.4) is 0 Å². The van der Waals surface area contributed by atoms with Crippen molar-refractivity contribution in [2.45, 2.75) is 30.4 Å². The van der Waals surface area contributed by atoms with E-state index < -0.39 is 5.97 Å². The number of hydrogen-bond donors (Lipinski definition) is 0. The molecule has 0 spiro atoms. The number of rotatable bonds is 10. The van der Waals surface area contributed by atoms with E-state index in [1.807, 2.05) is 28.8 Å². The van der Waals surface area contributed by atoms with E-state index in [0.29, 0.717) is 29.7 Å². The number of ether oxygens (including phenoxy) is 3. The number of carbonyl (C=O) groups is 1. The Bertz CT molecular complexity index is 1300. The smallest absolute Gasteiger partial charge is 0.341 e. The van der Waals surface area contributed by atoms with Crippen molar-refractivity contribution in [1.82, 2.24) is 19.3 Å². The van der Waals surface area contributed by atoms with Crippen molar-refractivity contribution in [2.75, 3.05) is 26.9 Å². The number of halogens is 1. The van der Waals surface area contributed by atoms with Crippen LogP contribution in [0.15, 0.2) is 58.6 Å². The lowest BCUT2D eigenvalue weighted by Crippen LogP contribution is -2.12. The van der Waals surface area contributed by atoms with Crippen LogP contribution >= 0.6 is 23.4 Å². The molecule has 0 saturated heterocycles. The number of carbonyl (C=O) groups excluding carboxylic acids is 1. The summed E-state index contributed by atoms with van der Waals surface area (Å²) in [6.45, 7) is 5.20. The lowest BCUT2D eigenvalue weighted by atomic mass is 10.2. The molecule has 8 nitrogen and oxygen atoms in total. The van der Waals surface area contributed by atoms with Crippen LogP contribution in [0.5, 0.6) is 0 Å². The lowest BCUT2D eigenvalue weighted by Gasteiger charge is -2.10. The number of aryl methyl sites for hydroxylation is 1. The van der Waals surface area contributed by atoms with Crippen LogP contribution in [-0.4, -0.2) is 52.2 Å². The molecule has 0 atom stereocenters. The van der Waals surface area contributed by atoms with Crippen molar-refractivity contribution in [3.63, 3.8) is 0 Å². The first-order valence-electron chi connectivity index (χ1n) is 10.7. The maximum absolute atomic E-state index is 12.1. The largest absolute Gasteiger partial charge is 0.462 e. The van der Waals surface area contributed by atoms with Gasteiger partial charge in [-0.1, -0.05) is 41.1 Å². The van der Waals surface area contributed by atoms with E-state index in [9.17, 15) is 4.79 Å². The molecule has 0 bridgehead atoms. The van der Waals surface area contributed by atoms with Crippen molar-refractivity contribution in [3.8, 4) is 5.95 Å². The molecule has 2 aromatic carbocycles. The summed E-state index contributed by atoms with van der Waals surface area (Å²) >= 11 is 8.26. The third kappa shape index (κ3) is 5.44. The first kappa shape index (κ1) is 24.3. The Morgan fingerprint density at radius 2 is 2.06 bits per heavy atom. The molecule has 0 saturated carbocycles. The SMILES string of the molecule is CCOC(=O)c1cnn(-c2nc3cc(Sc4cccc(C)c4)c(Cl)cc3n2COCCOC)c1. The highest BCUT2D eigenvalue weighted by molar-refractivity contribution is 7.99. The lowest BCUT2D eigenvalue weighted by molar-refractivity contribution is 0.0356. The highest BCUT2D eigenvalue weighted by atomic mass is 35.5. The molecule has 0 unspecified atom stereocenters. The summed E-state index contributed by atoms with van der Waals surface area (Å²) in [6, 6.07) is 12.1. The van der Waals surface area contributed by atoms with Gasteiger partial charge in [-0.05, 0) is 38.1 Å². The number of nitrogens with zero attached hydrogens (tertiary/aromatic N) is 4. The van der Waals surface area contributed by atoms with E-state index in [2.05, 4.69) is 24.2 Å². The fourth-order valence-electron chi connectivity index (χ4n) is 3.35. The minimum atomic E-state index is -0.437. The van der Waals surface area contributed by atoms with E-state index in [4.69, 9.17) is 30.8 Å². The first-order chi connectivity index (χ1) is 16.5. The first-order valence-corrected chi connectivity index (χ1v) is 11.9. The molecule has 0 aliphatic heterocycles. The van der Waals surface area contributed by atoms with Crippen LogP contribution in [0, 0.1) is 6.92 Å². The van der Waals surface area contributed by atoms with E-state index in [1.54, 1.807) is 32.0 Å². The average molecular weight is 501 g/mol. The number of fused-ring (bicyclic) bond motifs is 1. The fraction of sp³-hybridized carbons (Fsp3) is 0.292. The number of methoxy groups -OCH3 is 1. The molecule has 0 aliphatic rings. The zero-order chi connectivity index (χ0) is 24.1. The van der Waals surface area contributed by atoms with Gasteiger partial charge in [-0.3, -0.25) is 4.57 Å². The fourth-order valence-corrected chi connectivity index (χ4v) is 4.60. The highest BCUT2D eigenvalue weighted by Crippen LogP contribution is 2.37. The zero-order valence-corrected chi connectivity index (χ0v) is 20.7. The molecule has 0 radical (unpaired) electrons. The van der Waals surface area contributed by atoms with Gasteiger partial charge < -0.3 is 14.2 Å². The van der Waals surface area contributed by atoms with Gasteiger partial charge in [0.2, 0.25) is 5.95 Å². The standard InChI is InChI=1S/C24H25ClN4O4S/c1-4-33-23(30)17-13-26-29(14-17)24-27-20-12-22(34-18-7-5-6-16(2)10-18)19(25)11-21(20)28(24)15-32-9-8-31-3/h5-7,10-14H,4,8-9,15H2,1-3H3. The molecule has 4 rings (SSSR count). The molecule has 10 heteroatoms. The molecule has 34 heavy (non-hydrogen) atoms.